The van der Waals surface area contributed by atoms with Crippen LogP contribution in [0.5, 0.6) is 0 Å². The van der Waals surface area contributed by atoms with Gasteiger partial charge in [-0.1, -0.05) is 42.5 Å². The van der Waals surface area contributed by atoms with Crippen LogP contribution in [0.3, 0.4) is 0 Å². The quantitative estimate of drug-likeness (QED) is 0.363. The third-order valence-corrected chi connectivity index (χ3v) is 2.80. The molecule has 0 spiro atoms. The lowest BCUT2D eigenvalue weighted by Gasteiger charge is -2.15. The number of hydroxylamine groups is 1. The Balaban J connectivity index is 2.13. The Labute approximate surface area is 113 Å². The summed E-state index contributed by atoms with van der Waals surface area (Å²) in [5.41, 5.74) is 1.09. The second kappa shape index (κ2) is 5.55. The van der Waals surface area contributed by atoms with Gasteiger partial charge in [0.05, 0.1) is 0 Å². The Morgan fingerprint density at radius 2 is 1.79 bits per heavy atom. The molecule has 0 amide bonds. The molecule has 0 radical (unpaired) electrons. The van der Waals surface area contributed by atoms with Crippen LogP contribution < -0.4 is 0 Å². The third kappa shape index (κ3) is 3.91. The Bertz CT molecular complexity index is 475. The fraction of sp³-hybridized carbons (Fsp3) is 0.400. The minimum Gasteiger partial charge on any atom is -0.624 e. The van der Waals surface area contributed by atoms with E-state index in [1.165, 1.54) is 13.3 Å². The minimum absolute atomic E-state index is 0.258. The van der Waals surface area contributed by atoms with Crippen molar-refractivity contribution < 1.29 is 14.2 Å². The van der Waals surface area contributed by atoms with Crippen LogP contribution in [-0.2, 0) is 9.47 Å². The van der Waals surface area contributed by atoms with Gasteiger partial charge < -0.3 is 14.7 Å². The molecule has 4 nitrogen and oxygen atoms in total. The van der Waals surface area contributed by atoms with Crippen LogP contribution in [0, 0.1) is 5.21 Å². The molecule has 0 bridgehead atoms. The highest BCUT2D eigenvalue weighted by atomic mass is 16.7. The molecule has 1 aliphatic heterocycles. The van der Waals surface area contributed by atoms with E-state index in [-0.39, 0.29) is 12.2 Å². The molecule has 1 saturated heterocycles. The Morgan fingerprint density at radius 3 is 2.42 bits per heavy atom. The Hall–Kier alpha value is -1.65. The van der Waals surface area contributed by atoms with Crippen molar-refractivity contribution >= 4 is 12.3 Å². The van der Waals surface area contributed by atoms with E-state index in [1.807, 2.05) is 56.3 Å². The summed E-state index contributed by atoms with van der Waals surface area (Å²) in [7, 11) is 1.44. The van der Waals surface area contributed by atoms with E-state index in [9.17, 15) is 5.21 Å². The van der Waals surface area contributed by atoms with Crippen molar-refractivity contribution in [1.29, 1.82) is 0 Å². The van der Waals surface area contributed by atoms with Crippen LogP contribution in [0.25, 0.3) is 6.08 Å². The summed E-state index contributed by atoms with van der Waals surface area (Å²) in [4.78, 5) is 0. The topological polar surface area (TPSA) is 44.5 Å². The molecule has 1 heterocycles. The molecule has 0 saturated carbocycles. The molecule has 0 aliphatic carbocycles. The second-order valence-corrected chi connectivity index (χ2v) is 5.03. The van der Waals surface area contributed by atoms with E-state index in [2.05, 4.69) is 0 Å². The zero-order valence-electron chi connectivity index (χ0n) is 11.4. The van der Waals surface area contributed by atoms with E-state index in [4.69, 9.17) is 9.47 Å². The molecule has 0 aromatic heterocycles. The second-order valence-electron chi connectivity index (χ2n) is 5.03. The van der Waals surface area contributed by atoms with Gasteiger partial charge in [-0.25, -0.2) is 4.74 Å². The SMILES string of the molecule is C/[N+]([O-])=C/[C@H]1OC(C)(C)O[C@H]1/C=C\c1ccccc1. The lowest BCUT2D eigenvalue weighted by Crippen LogP contribution is -2.25. The lowest BCUT2D eigenvalue weighted by molar-refractivity contribution is -0.420. The molecule has 1 fully saturated rings. The summed E-state index contributed by atoms with van der Waals surface area (Å²) in [5.74, 6) is -0.678. The van der Waals surface area contributed by atoms with Crippen LogP contribution in [0.2, 0.25) is 0 Å². The summed E-state index contributed by atoms with van der Waals surface area (Å²) in [6, 6.07) is 9.94. The first-order chi connectivity index (χ1) is 8.96. The van der Waals surface area contributed by atoms with Crippen molar-refractivity contribution in [1.82, 2.24) is 0 Å². The van der Waals surface area contributed by atoms with Gasteiger partial charge in [0.1, 0.15) is 13.2 Å². The first-order valence-electron chi connectivity index (χ1n) is 6.30. The molecule has 0 N–H and O–H groups in total. The van der Waals surface area contributed by atoms with Crippen molar-refractivity contribution in [2.75, 3.05) is 7.05 Å². The van der Waals surface area contributed by atoms with Crippen molar-refractivity contribution in [2.45, 2.75) is 31.8 Å². The highest BCUT2D eigenvalue weighted by Crippen LogP contribution is 2.28. The predicted molar refractivity (Wildman–Crippen MR) is 74.9 cm³/mol. The number of hydrogen-bond acceptors (Lipinski definition) is 3. The molecular weight excluding hydrogens is 242 g/mol. The monoisotopic (exact) mass is 261 g/mol. The number of benzene rings is 1. The molecule has 1 aromatic rings. The summed E-state index contributed by atoms with van der Waals surface area (Å²) in [5, 5.41) is 11.1. The molecule has 102 valence electrons. The largest absolute Gasteiger partial charge is 0.624 e. The van der Waals surface area contributed by atoms with Crippen molar-refractivity contribution in [2.24, 2.45) is 0 Å². The standard InChI is InChI=1S/C15H19NO3/c1-15(2)18-13(14(19-15)11-16(3)17)10-9-12-7-5-4-6-8-12/h4-11,13-14H,1-3H3/b10-9-,16-11-/t13-,14+/m0/s1. The van der Waals surface area contributed by atoms with Gasteiger partial charge in [-0.3, -0.25) is 0 Å². The van der Waals surface area contributed by atoms with Crippen LogP contribution in [0.1, 0.15) is 19.4 Å². The normalized spacial score (nSPS) is 27.0. The first kappa shape index (κ1) is 13.8. The third-order valence-electron chi connectivity index (χ3n) is 2.80. The first-order valence-corrected chi connectivity index (χ1v) is 6.30. The zero-order chi connectivity index (χ0) is 13.9. The van der Waals surface area contributed by atoms with Gasteiger partial charge in [0.25, 0.3) is 0 Å². The lowest BCUT2D eigenvalue weighted by atomic mass is 10.1. The van der Waals surface area contributed by atoms with E-state index in [1.54, 1.807) is 0 Å². The molecule has 2 atom stereocenters. The molecule has 4 heteroatoms. The average molecular weight is 261 g/mol. The number of rotatable bonds is 3. The molecule has 19 heavy (non-hydrogen) atoms. The minimum atomic E-state index is -0.678. The molecule has 2 rings (SSSR count). The maximum atomic E-state index is 11.1. The summed E-state index contributed by atoms with van der Waals surface area (Å²) in [6.45, 7) is 3.68. The molecule has 1 aromatic carbocycles. The number of ether oxygens (including phenoxy) is 2. The fourth-order valence-electron chi connectivity index (χ4n) is 2.06. The van der Waals surface area contributed by atoms with Crippen LogP contribution in [0.4, 0.5) is 0 Å². The Kier molecular flexibility index (Phi) is 4.02. The van der Waals surface area contributed by atoms with E-state index >= 15 is 0 Å². The van der Waals surface area contributed by atoms with Gasteiger partial charge in [0.15, 0.2) is 18.1 Å². The maximum Gasteiger partial charge on any atom is 0.182 e. The van der Waals surface area contributed by atoms with Crippen molar-refractivity contribution in [3.05, 3.63) is 47.2 Å². The number of hydrogen-bond donors (Lipinski definition) is 0. The van der Waals surface area contributed by atoms with Crippen LogP contribution in [0.15, 0.2) is 36.4 Å². The van der Waals surface area contributed by atoms with Gasteiger partial charge in [-0.05, 0) is 19.4 Å². The van der Waals surface area contributed by atoms with Crippen LogP contribution >= 0.6 is 0 Å². The van der Waals surface area contributed by atoms with Crippen molar-refractivity contribution in [3.8, 4) is 0 Å². The van der Waals surface area contributed by atoms with Gasteiger partial charge in [0.2, 0.25) is 0 Å². The van der Waals surface area contributed by atoms with E-state index in [0.29, 0.717) is 0 Å². The van der Waals surface area contributed by atoms with Crippen molar-refractivity contribution in [3.63, 3.8) is 0 Å². The molecule has 1 aliphatic rings. The average Bonchev–Trinajstić information content (AvgIpc) is 2.61. The van der Waals surface area contributed by atoms with Gasteiger partial charge in [-0.15, -0.1) is 0 Å². The Morgan fingerprint density at radius 1 is 1.16 bits per heavy atom. The fourth-order valence-corrected chi connectivity index (χ4v) is 2.06. The molecule has 0 unspecified atom stereocenters. The highest BCUT2D eigenvalue weighted by molar-refractivity contribution is 5.61. The smallest absolute Gasteiger partial charge is 0.182 e. The maximum absolute atomic E-state index is 11.1. The summed E-state index contributed by atoms with van der Waals surface area (Å²) < 4.78 is 12.2. The predicted octanol–water partition coefficient (Wildman–Crippen LogP) is 2.43. The van der Waals surface area contributed by atoms with Gasteiger partial charge in [-0.2, -0.15) is 0 Å². The number of nitrogens with zero attached hydrogens (tertiary/aromatic N) is 1. The zero-order valence-corrected chi connectivity index (χ0v) is 11.4. The van der Waals surface area contributed by atoms with Gasteiger partial charge >= 0.3 is 0 Å². The van der Waals surface area contributed by atoms with E-state index < -0.39 is 5.79 Å². The summed E-state index contributed by atoms with van der Waals surface area (Å²) >= 11 is 0. The molecular formula is C15H19NO3. The van der Waals surface area contributed by atoms with Gasteiger partial charge in [0, 0.05) is 0 Å². The summed E-state index contributed by atoms with van der Waals surface area (Å²) in [6.07, 6.45) is 4.76. The van der Waals surface area contributed by atoms with Crippen LogP contribution in [-0.4, -0.2) is 36.0 Å². The van der Waals surface area contributed by atoms with E-state index in [0.717, 1.165) is 10.3 Å². The highest BCUT2D eigenvalue weighted by Gasteiger charge is 2.40.